The summed E-state index contributed by atoms with van der Waals surface area (Å²) in [5.41, 5.74) is -0.702. The lowest BCUT2D eigenvalue weighted by atomic mass is 10.1. The van der Waals surface area contributed by atoms with E-state index >= 15 is 0 Å². The maximum atomic E-state index is 13.4. The van der Waals surface area contributed by atoms with Gasteiger partial charge >= 0.3 is 6.18 Å². The zero-order valence-electron chi connectivity index (χ0n) is 21.2. The number of anilines is 1. The van der Waals surface area contributed by atoms with Crippen molar-refractivity contribution in [1.82, 2.24) is 10.2 Å². The standard InChI is InChI=1S/C25H30Cl2F3N3O4S/c1-4-22(24(35)31-5-2)32(16-19-20(26)11-7-12-21(19)27)23(34)13-8-14-33(38(3,36)37)18-10-6-9-17(15-18)25(28,29)30/h6-7,9-12,15,22H,4-5,8,13-14,16H2,1-3H3,(H,31,35). The van der Waals surface area contributed by atoms with E-state index < -0.39 is 33.7 Å². The average molecular weight is 596 g/mol. The molecule has 0 fully saturated rings. The number of hydrogen-bond acceptors (Lipinski definition) is 4. The van der Waals surface area contributed by atoms with Crippen molar-refractivity contribution in [1.29, 1.82) is 0 Å². The van der Waals surface area contributed by atoms with Crippen LogP contribution in [0.25, 0.3) is 0 Å². The molecular weight excluding hydrogens is 566 g/mol. The maximum Gasteiger partial charge on any atom is 0.416 e. The molecule has 7 nitrogen and oxygen atoms in total. The zero-order valence-corrected chi connectivity index (χ0v) is 23.5. The summed E-state index contributed by atoms with van der Waals surface area (Å²) in [7, 11) is -3.96. The SMILES string of the molecule is CCNC(=O)C(CC)N(Cc1c(Cl)cccc1Cl)C(=O)CCCN(c1cccc(C(F)(F)F)c1)S(C)(=O)=O. The molecule has 1 atom stereocenters. The second kappa shape index (κ2) is 13.5. The predicted octanol–water partition coefficient (Wildman–Crippen LogP) is 5.50. The van der Waals surface area contributed by atoms with Crippen molar-refractivity contribution in [3.8, 4) is 0 Å². The van der Waals surface area contributed by atoms with Crippen molar-refractivity contribution < 1.29 is 31.2 Å². The van der Waals surface area contributed by atoms with E-state index in [4.69, 9.17) is 23.2 Å². The van der Waals surface area contributed by atoms with Crippen molar-refractivity contribution in [3.05, 3.63) is 63.6 Å². The summed E-state index contributed by atoms with van der Waals surface area (Å²) < 4.78 is 65.1. The second-order valence-corrected chi connectivity index (χ2v) is 11.2. The Bertz CT molecular complexity index is 1220. The minimum absolute atomic E-state index is 0.0132. The first-order valence-electron chi connectivity index (χ1n) is 11.9. The summed E-state index contributed by atoms with van der Waals surface area (Å²) in [5, 5.41) is 3.33. The van der Waals surface area contributed by atoms with Crippen molar-refractivity contribution in [2.75, 3.05) is 23.7 Å². The molecule has 0 radical (unpaired) electrons. The Kier molecular flexibility index (Phi) is 11.3. The first-order chi connectivity index (χ1) is 17.7. The van der Waals surface area contributed by atoms with Gasteiger partial charge in [-0.25, -0.2) is 8.42 Å². The molecule has 0 aromatic heterocycles. The van der Waals surface area contributed by atoms with E-state index in [2.05, 4.69) is 5.32 Å². The number of nitrogens with one attached hydrogen (secondary N) is 1. The van der Waals surface area contributed by atoms with Gasteiger partial charge in [0.15, 0.2) is 0 Å². The summed E-state index contributed by atoms with van der Waals surface area (Å²) in [4.78, 5) is 27.5. The van der Waals surface area contributed by atoms with E-state index in [1.54, 1.807) is 32.0 Å². The number of amides is 2. The van der Waals surface area contributed by atoms with Gasteiger partial charge in [0.2, 0.25) is 21.8 Å². The largest absolute Gasteiger partial charge is 0.416 e. The maximum absolute atomic E-state index is 13.4. The number of sulfonamides is 1. The van der Waals surface area contributed by atoms with Crippen LogP contribution in [0.4, 0.5) is 18.9 Å². The van der Waals surface area contributed by atoms with Crippen LogP contribution in [0.1, 0.15) is 44.2 Å². The molecule has 0 aliphatic heterocycles. The molecule has 2 amide bonds. The van der Waals surface area contributed by atoms with E-state index in [-0.39, 0.29) is 37.5 Å². The van der Waals surface area contributed by atoms with Gasteiger partial charge in [0.1, 0.15) is 6.04 Å². The molecule has 0 aliphatic rings. The lowest BCUT2D eigenvalue weighted by molar-refractivity contribution is -0.141. The number of benzene rings is 2. The fraction of sp³-hybridized carbons (Fsp3) is 0.440. The van der Waals surface area contributed by atoms with Gasteiger partial charge in [-0.05, 0) is 50.1 Å². The van der Waals surface area contributed by atoms with Crippen LogP contribution in [-0.2, 0) is 32.3 Å². The lowest BCUT2D eigenvalue weighted by Crippen LogP contribution is -2.49. The highest BCUT2D eigenvalue weighted by molar-refractivity contribution is 7.92. The van der Waals surface area contributed by atoms with Crippen molar-refractivity contribution in [2.24, 2.45) is 0 Å². The molecule has 0 spiro atoms. The van der Waals surface area contributed by atoms with Crippen LogP contribution >= 0.6 is 23.2 Å². The van der Waals surface area contributed by atoms with Crippen molar-refractivity contribution in [2.45, 2.75) is 51.9 Å². The molecule has 1 unspecified atom stereocenters. The Balaban J connectivity index is 2.29. The molecule has 2 aromatic carbocycles. The van der Waals surface area contributed by atoms with E-state index in [0.717, 1.165) is 28.8 Å². The van der Waals surface area contributed by atoms with Crippen LogP contribution in [0.3, 0.4) is 0 Å². The molecule has 0 saturated carbocycles. The lowest BCUT2D eigenvalue weighted by Gasteiger charge is -2.31. The summed E-state index contributed by atoms with van der Waals surface area (Å²) in [6.45, 7) is 3.54. The van der Waals surface area contributed by atoms with Gasteiger partial charge < -0.3 is 10.2 Å². The number of alkyl halides is 3. The van der Waals surface area contributed by atoms with Gasteiger partial charge in [-0.15, -0.1) is 0 Å². The van der Waals surface area contributed by atoms with Crippen LogP contribution in [0, 0.1) is 0 Å². The van der Waals surface area contributed by atoms with Crippen molar-refractivity contribution >= 4 is 50.7 Å². The topological polar surface area (TPSA) is 86.8 Å². The molecule has 210 valence electrons. The number of likely N-dealkylation sites (N-methyl/N-ethyl adjacent to an activating group) is 1. The Morgan fingerprint density at radius 2 is 1.66 bits per heavy atom. The van der Waals surface area contributed by atoms with Gasteiger partial charge in [0.05, 0.1) is 17.5 Å². The summed E-state index contributed by atoms with van der Waals surface area (Å²) in [6, 6.07) is 7.99. The third kappa shape index (κ3) is 8.51. The monoisotopic (exact) mass is 595 g/mol. The van der Waals surface area contributed by atoms with Crippen LogP contribution in [0.5, 0.6) is 0 Å². The van der Waals surface area contributed by atoms with Crippen LogP contribution in [0.2, 0.25) is 10.0 Å². The number of nitrogens with zero attached hydrogens (tertiary/aromatic N) is 2. The van der Waals surface area contributed by atoms with Gasteiger partial charge in [-0.1, -0.05) is 42.3 Å². The third-order valence-corrected chi connectivity index (χ3v) is 7.64. The van der Waals surface area contributed by atoms with Crippen LogP contribution in [-0.4, -0.2) is 50.5 Å². The molecule has 2 rings (SSSR count). The van der Waals surface area contributed by atoms with E-state index in [0.29, 0.717) is 28.6 Å². The number of rotatable bonds is 12. The van der Waals surface area contributed by atoms with E-state index in [1.165, 1.54) is 11.0 Å². The highest BCUT2D eigenvalue weighted by Crippen LogP contribution is 2.32. The normalized spacial score (nSPS) is 12.6. The van der Waals surface area contributed by atoms with Gasteiger partial charge in [-0.2, -0.15) is 13.2 Å². The fourth-order valence-corrected chi connectivity index (χ4v) is 5.38. The summed E-state index contributed by atoms with van der Waals surface area (Å²) >= 11 is 12.6. The molecule has 0 saturated heterocycles. The quantitative estimate of drug-likeness (QED) is 0.351. The van der Waals surface area contributed by atoms with Crippen LogP contribution < -0.4 is 9.62 Å². The molecule has 13 heteroatoms. The number of halogens is 5. The molecular formula is C25H30Cl2F3N3O4S. The highest BCUT2D eigenvalue weighted by atomic mass is 35.5. The Morgan fingerprint density at radius 1 is 1.05 bits per heavy atom. The fourth-order valence-electron chi connectivity index (χ4n) is 3.91. The Labute approximate surface area is 230 Å². The Hall–Kier alpha value is -2.50. The molecule has 0 aliphatic carbocycles. The minimum atomic E-state index is -4.65. The Morgan fingerprint density at radius 3 is 2.18 bits per heavy atom. The first-order valence-corrected chi connectivity index (χ1v) is 14.5. The van der Waals surface area contributed by atoms with Gasteiger partial charge in [0.25, 0.3) is 0 Å². The average Bonchev–Trinajstić information content (AvgIpc) is 2.82. The molecule has 38 heavy (non-hydrogen) atoms. The van der Waals surface area contributed by atoms with Gasteiger partial charge in [0, 0.05) is 41.7 Å². The number of carbonyl (C=O) groups is 2. The molecule has 2 aromatic rings. The molecule has 1 N–H and O–H groups in total. The smallest absolute Gasteiger partial charge is 0.355 e. The minimum Gasteiger partial charge on any atom is -0.355 e. The van der Waals surface area contributed by atoms with Crippen LogP contribution in [0.15, 0.2) is 42.5 Å². The number of carbonyl (C=O) groups excluding carboxylic acids is 2. The van der Waals surface area contributed by atoms with Crippen molar-refractivity contribution in [3.63, 3.8) is 0 Å². The molecule has 0 bridgehead atoms. The number of hydrogen-bond donors (Lipinski definition) is 1. The summed E-state index contributed by atoms with van der Waals surface area (Å²) in [6.07, 6.45) is -3.67. The highest BCUT2D eigenvalue weighted by Gasteiger charge is 2.32. The zero-order chi connectivity index (χ0) is 28.7. The second-order valence-electron chi connectivity index (χ2n) is 8.53. The van der Waals surface area contributed by atoms with E-state index in [9.17, 15) is 31.2 Å². The van der Waals surface area contributed by atoms with Gasteiger partial charge in [-0.3, -0.25) is 13.9 Å². The molecule has 0 heterocycles. The summed E-state index contributed by atoms with van der Waals surface area (Å²) in [5.74, 6) is -0.829. The third-order valence-electron chi connectivity index (χ3n) is 5.74. The van der Waals surface area contributed by atoms with E-state index in [1.807, 2.05) is 0 Å². The first kappa shape index (κ1) is 31.7. The predicted molar refractivity (Wildman–Crippen MR) is 143 cm³/mol.